The molecular formula is C13H17BrO3. The van der Waals surface area contributed by atoms with Crippen molar-refractivity contribution in [2.24, 2.45) is 0 Å². The molecule has 1 N–H and O–H groups in total. The molecule has 4 heteroatoms. The normalized spacial score (nSPS) is 10.2. The van der Waals surface area contributed by atoms with Gasteiger partial charge in [0.25, 0.3) is 0 Å². The van der Waals surface area contributed by atoms with Crippen LogP contribution >= 0.6 is 15.9 Å². The molecule has 0 heterocycles. The highest BCUT2D eigenvalue weighted by Gasteiger charge is 1.97. The quantitative estimate of drug-likeness (QED) is 0.742. The van der Waals surface area contributed by atoms with Gasteiger partial charge in [0, 0.05) is 10.9 Å². The Kier molecular flexibility index (Phi) is 6.70. The first-order chi connectivity index (χ1) is 8.18. The van der Waals surface area contributed by atoms with Crippen LogP contribution < -0.4 is 4.74 Å². The molecule has 0 aliphatic heterocycles. The molecule has 1 aromatic carbocycles. The maximum absolute atomic E-state index is 10.3. The number of ether oxygens (including phenoxy) is 1. The number of hydrogen-bond donors (Lipinski definition) is 1. The van der Waals surface area contributed by atoms with E-state index in [1.54, 1.807) is 0 Å². The van der Waals surface area contributed by atoms with E-state index in [2.05, 4.69) is 15.9 Å². The molecule has 1 aromatic rings. The second-order valence-corrected chi connectivity index (χ2v) is 4.78. The van der Waals surface area contributed by atoms with E-state index < -0.39 is 5.97 Å². The Hall–Kier alpha value is -1.03. The molecule has 0 atom stereocenters. The van der Waals surface area contributed by atoms with E-state index in [-0.39, 0.29) is 6.42 Å². The summed E-state index contributed by atoms with van der Waals surface area (Å²) in [4.78, 5) is 10.3. The Balaban J connectivity index is 2.01. The largest absolute Gasteiger partial charge is 0.494 e. The van der Waals surface area contributed by atoms with Crippen LogP contribution in [0.2, 0.25) is 0 Å². The predicted molar refractivity (Wildman–Crippen MR) is 70.4 cm³/mol. The summed E-state index contributed by atoms with van der Waals surface area (Å²) in [5, 5.41) is 8.46. The summed E-state index contributed by atoms with van der Waals surface area (Å²) in [5.74, 6) is 0.162. The van der Waals surface area contributed by atoms with Gasteiger partial charge in [0.05, 0.1) is 6.61 Å². The van der Waals surface area contributed by atoms with E-state index in [0.717, 1.165) is 35.9 Å². The molecule has 1 rings (SSSR count). The number of unbranched alkanes of at least 4 members (excludes halogenated alkanes) is 3. The van der Waals surface area contributed by atoms with Crippen LogP contribution in [0.15, 0.2) is 28.7 Å². The number of hydrogen-bond acceptors (Lipinski definition) is 2. The first kappa shape index (κ1) is 14.0. The minimum Gasteiger partial charge on any atom is -0.494 e. The minimum atomic E-state index is -0.712. The van der Waals surface area contributed by atoms with E-state index in [1.165, 1.54) is 0 Å². The second kappa shape index (κ2) is 8.12. The van der Waals surface area contributed by atoms with Crippen LogP contribution in [-0.4, -0.2) is 17.7 Å². The van der Waals surface area contributed by atoms with Crippen molar-refractivity contribution in [3.05, 3.63) is 28.7 Å². The van der Waals surface area contributed by atoms with Crippen molar-refractivity contribution in [3.63, 3.8) is 0 Å². The maximum Gasteiger partial charge on any atom is 0.303 e. The van der Waals surface area contributed by atoms with Gasteiger partial charge in [0.1, 0.15) is 5.75 Å². The molecule has 0 amide bonds. The van der Waals surface area contributed by atoms with Crippen molar-refractivity contribution in [1.29, 1.82) is 0 Å². The lowest BCUT2D eigenvalue weighted by Gasteiger charge is -2.05. The molecule has 0 aliphatic rings. The Labute approximate surface area is 110 Å². The van der Waals surface area contributed by atoms with E-state index in [1.807, 2.05) is 24.3 Å². The van der Waals surface area contributed by atoms with Crippen molar-refractivity contribution < 1.29 is 14.6 Å². The fourth-order valence-corrected chi connectivity index (χ4v) is 1.72. The number of halogens is 1. The van der Waals surface area contributed by atoms with Crippen molar-refractivity contribution in [3.8, 4) is 5.75 Å². The highest BCUT2D eigenvalue weighted by atomic mass is 79.9. The van der Waals surface area contributed by atoms with E-state index in [0.29, 0.717) is 6.61 Å². The molecule has 0 bridgehead atoms. The predicted octanol–water partition coefficient (Wildman–Crippen LogP) is 3.86. The Bertz CT molecular complexity index is 335. The Morgan fingerprint density at radius 2 is 1.76 bits per heavy atom. The SMILES string of the molecule is O=C(O)CCCCCCOc1ccc(Br)cc1. The van der Waals surface area contributed by atoms with Crippen LogP contribution in [0.1, 0.15) is 32.1 Å². The number of carbonyl (C=O) groups is 1. The number of benzene rings is 1. The van der Waals surface area contributed by atoms with Gasteiger partial charge in [0.2, 0.25) is 0 Å². The molecule has 0 saturated heterocycles. The zero-order valence-electron chi connectivity index (χ0n) is 9.69. The van der Waals surface area contributed by atoms with Gasteiger partial charge in [-0.1, -0.05) is 28.8 Å². The molecule has 0 aromatic heterocycles. The summed E-state index contributed by atoms with van der Waals surface area (Å²) in [7, 11) is 0. The lowest BCUT2D eigenvalue weighted by molar-refractivity contribution is -0.137. The summed E-state index contributed by atoms with van der Waals surface area (Å²) >= 11 is 3.36. The van der Waals surface area contributed by atoms with E-state index in [4.69, 9.17) is 9.84 Å². The molecule has 0 radical (unpaired) electrons. The van der Waals surface area contributed by atoms with Crippen LogP contribution in [0.4, 0.5) is 0 Å². The smallest absolute Gasteiger partial charge is 0.303 e. The highest BCUT2D eigenvalue weighted by Crippen LogP contribution is 2.16. The Morgan fingerprint density at radius 1 is 1.12 bits per heavy atom. The third-order valence-electron chi connectivity index (χ3n) is 2.37. The molecule has 0 unspecified atom stereocenters. The first-order valence-corrected chi connectivity index (χ1v) is 6.58. The number of carboxylic acid groups (broad SMARTS) is 1. The van der Waals surface area contributed by atoms with Gasteiger partial charge in [-0.05, 0) is 37.1 Å². The second-order valence-electron chi connectivity index (χ2n) is 3.86. The Morgan fingerprint density at radius 3 is 2.41 bits per heavy atom. The lowest BCUT2D eigenvalue weighted by atomic mass is 10.1. The van der Waals surface area contributed by atoms with Gasteiger partial charge in [-0.25, -0.2) is 0 Å². The van der Waals surface area contributed by atoms with Gasteiger partial charge in [-0.2, -0.15) is 0 Å². The summed E-state index contributed by atoms with van der Waals surface area (Å²) in [6.45, 7) is 0.689. The van der Waals surface area contributed by atoms with Gasteiger partial charge in [-0.3, -0.25) is 4.79 Å². The van der Waals surface area contributed by atoms with Crippen molar-refractivity contribution in [2.45, 2.75) is 32.1 Å². The average molecular weight is 301 g/mol. The van der Waals surface area contributed by atoms with E-state index >= 15 is 0 Å². The zero-order chi connectivity index (χ0) is 12.5. The topological polar surface area (TPSA) is 46.5 Å². The van der Waals surface area contributed by atoms with Crippen LogP contribution in [0, 0.1) is 0 Å². The van der Waals surface area contributed by atoms with Crippen LogP contribution in [0.25, 0.3) is 0 Å². The molecule has 0 saturated carbocycles. The molecule has 0 aliphatic carbocycles. The van der Waals surface area contributed by atoms with Crippen LogP contribution in [0.5, 0.6) is 5.75 Å². The molecule has 17 heavy (non-hydrogen) atoms. The fourth-order valence-electron chi connectivity index (χ4n) is 1.45. The average Bonchev–Trinajstić information content (AvgIpc) is 2.30. The number of aliphatic carboxylic acids is 1. The lowest BCUT2D eigenvalue weighted by Crippen LogP contribution is -1.98. The van der Waals surface area contributed by atoms with Gasteiger partial charge >= 0.3 is 5.97 Å². The van der Waals surface area contributed by atoms with Gasteiger partial charge < -0.3 is 9.84 Å². The zero-order valence-corrected chi connectivity index (χ0v) is 11.3. The maximum atomic E-state index is 10.3. The summed E-state index contributed by atoms with van der Waals surface area (Å²) in [5.41, 5.74) is 0. The molecule has 0 spiro atoms. The van der Waals surface area contributed by atoms with Crippen molar-refractivity contribution in [1.82, 2.24) is 0 Å². The van der Waals surface area contributed by atoms with E-state index in [9.17, 15) is 4.79 Å². The molecule has 94 valence electrons. The van der Waals surface area contributed by atoms with Crippen LogP contribution in [0.3, 0.4) is 0 Å². The molecule has 0 fully saturated rings. The molecular weight excluding hydrogens is 284 g/mol. The van der Waals surface area contributed by atoms with Gasteiger partial charge in [0.15, 0.2) is 0 Å². The van der Waals surface area contributed by atoms with Crippen molar-refractivity contribution in [2.75, 3.05) is 6.61 Å². The number of rotatable bonds is 8. The monoisotopic (exact) mass is 300 g/mol. The third kappa shape index (κ3) is 7.00. The highest BCUT2D eigenvalue weighted by molar-refractivity contribution is 9.10. The fraction of sp³-hybridized carbons (Fsp3) is 0.462. The molecule has 3 nitrogen and oxygen atoms in total. The minimum absolute atomic E-state index is 0.271. The summed E-state index contributed by atoms with van der Waals surface area (Å²) in [6, 6.07) is 7.74. The van der Waals surface area contributed by atoms with Crippen molar-refractivity contribution >= 4 is 21.9 Å². The standard InChI is InChI=1S/C13H17BrO3/c14-11-6-8-12(9-7-11)17-10-4-2-1-3-5-13(15)16/h6-9H,1-5,10H2,(H,15,16). The third-order valence-corrected chi connectivity index (χ3v) is 2.90. The van der Waals surface area contributed by atoms with Gasteiger partial charge in [-0.15, -0.1) is 0 Å². The summed E-state index contributed by atoms with van der Waals surface area (Å²) < 4.78 is 6.59. The first-order valence-electron chi connectivity index (χ1n) is 5.78. The number of carboxylic acids is 1. The summed E-state index contributed by atoms with van der Waals surface area (Å²) in [6.07, 6.45) is 3.97. The van der Waals surface area contributed by atoms with Crippen LogP contribution in [-0.2, 0) is 4.79 Å².